The van der Waals surface area contributed by atoms with Crippen LogP contribution in [0.3, 0.4) is 0 Å². The van der Waals surface area contributed by atoms with Crippen LogP contribution in [0.2, 0.25) is 0 Å². The lowest BCUT2D eigenvalue weighted by molar-refractivity contribution is -0.120. The first-order valence-corrected chi connectivity index (χ1v) is 4.64. The van der Waals surface area contributed by atoms with Gasteiger partial charge in [-0.25, -0.2) is 0 Å². The van der Waals surface area contributed by atoms with Crippen LogP contribution in [0.15, 0.2) is 22.8 Å². The molecule has 0 aliphatic rings. The molecule has 5 nitrogen and oxygen atoms in total. The highest BCUT2D eigenvalue weighted by Gasteiger charge is 2.08. The molecule has 0 bridgehead atoms. The molecule has 0 aliphatic carbocycles. The Morgan fingerprint density at radius 1 is 1.73 bits per heavy atom. The molecule has 0 spiro atoms. The Morgan fingerprint density at radius 3 is 3.13 bits per heavy atom. The first kappa shape index (κ1) is 11.3. The molecule has 1 aromatic heterocycles. The molecule has 0 radical (unpaired) electrons. The van der Waals surface area contributed by atoms with Crippen molar-refractivity contribution >= 4 is 5.91 Å². The van der Waals surface area contributed by atoms with E-state index < -0.39 is 0 Å². The van der Waals surface area contributed by atoms with E-state index in [1.165, 1.54) is 0 Å². The minimum absolute atomic E-state index is 0.0205. The van der Waals surface area contributed by atoms with Gasteiger partial charge in [-0.1, -0.05) is 0 Å². The van der Waals surface area contributed by atoms with Crippen molar-refractivity contribution in [3.05, 3.63) is 24.2 Å². The highest BCUT2D eigenvalue weighted by Crippen LogP contribution is 2.11. The minimum Gasteiger partial charge on any atom is -0.468 e. The molecule has 1 amide bonds. The normalized spacial score (nSPS) is 11.7. The number of carbonyl (C=O) groups is 1. The number of amides is 1. The largest absolute Gasteiger partial charge is 0.468 e. The lowest BCUT2D eigenvalue weighted by atomic mass is 10.2. The number of nitriles is 1. The average molecular weight is 207 g/mol. The van der Waals surface area contributed by atoms with Crippen molar-refractivity contribution in [2.45, 2.75) is 13.0 Å². The minimum atomic E-state index is -0.199. The number of carbonyl (C=O) groups excluding carboxylic acids is 1. The molecular formula is C10H13N3O2. The Kier molecular flexibility index (Phi) is 4.38. The third-order valence-corrected chi connectivity index (χ3v) is 1.90. The van der Waals surface area contributed by atoms with E-state index in [0.717, 1.165) is 5.76 Å². The smallest absolute Gasteiger partial charge is 0.234 e. The molecule has 0 aliphatic heterocycles. The van der Waals surface area contributed by atoms with Crippen molar-refractivity contribution in [3.8, 4) is 6.07 Å². The third kappa shape index (κ3) is 3.83. The Morgan fingerprint density at radius 2 is 2.53 bits per heavy atom. The summed E-state index contributed by atoms with van der Waals surface area (Å²) < 4.78 is 5.16. The zero-order valence-corrected chi connectivity index (χ0v) is 8.49. The van der Waals surface area contributed by atoms with Crippen LogP contribution >= 0.6 is 0 Å². The topological polar surface area (TPSA) is 78.1 Å². The summed E-state index contributed by atoms with van der Waals surface area (Å²) in [6.07, 6.45) is 1.59. The van der Waals surface area contributed by atoms with Crippen molar-refractivity contribution in [1.29, 1.82) is 5.26 Å². The zero-order chi connectivity index (χ0) is 11.1. The van der Waals surface area contributed by atoms with Crippen molar-refractivity contribution in [2.75, 3.05) is 13.1 Å². The van der Waals surface area contributed by atoms with E-state index in [-0.39, 0.29) is 25.0 Å². The molecule has 0 saturated heterocycles. The van der Waals surface area contributed by atoms with E-state index in [1.54, 1.807) is 12.3 Å². The van der Waals surface area contributed by atoms with Gasteiger partial charge in [-0.3, -0.25) is 10.1 Å². The molecule has 0 aromatic carbocycles. The second-order valence-electron chi connectivity index (χ2n) is 3.05. The maximum absolute atomic E-state index is 11.1. The van der Waals surface area contributed by atoms with Crippen molar-refractivity contribution in [3.63, 3.8) is 0 Å². The molecule has 0 fully saturated rings. The zero-order valence-electron chi connectivity index (χ0n) is 8.49. The van der Waals surface area contributed by atoms with Gasteiger partial charge < -0.3 is 9.73 Å². The number of hydrogen-bond acceptors (Lipinski definition) is 4. The number of hydrogen-bond donors (Lipinski definition) is 2. The highest BCUT2D eigenvalue weighted by atomic mass is 16.3. The van der Waals surface area contributed by atoms with Crippen LogP contribution in [0.25, 0.3) is 0 Å². The molecule has 1 heterocycles. The second-order valence-corrected chi connectivity index (χ2v) is 3.05. The SMILES string of the molecule is C[C@H](NCC(=O)NCC#N)c1ccco1. The van der Waals surface area contributed by atoms with E-state index in [0.29, 0.717) is 0 Å². The molecule has 15 heavy (non-hydrogen) atoms. The molecule has 0 saturated carbocycles. The molecular weight excluding hydrogens is 194 g/mol. The predicted molar refractivity (Wildman–Crippen MR) is 53.7 cm³/mol. The fraction of sp³-hybridized carbons (Fsp3) is 0.400. The number of nitrogens with one attached hydrogen (secondary N) is 2. The average Bonchev–Trinajstić information content (AvgIpc) is 2.76. The van der Waals surface area contributed by atoms with Gasteiger partial charge in [0.1, 0.15) is 12.3 Å². The van der Waals surface area contributed by atoms with Gasteiger partial charge in [0.2, 0.25) is 5.91 Å². The van der Waals surface area contributed by atoms with Crippen LogP contribution < -0.4 is 10.6 Å². The lowest BCUT2D eigenvalue weighted by Crippen LogP contribution is -2.35. The predicted octanol–water partition coefficient (Wildman–Crippen LogP) is 0.570. The van der Waals surface area contributed by atoms with Crippen molar-refractivity contribution in [2.24, 2.45) is 0 Å². The standard InChI is InChI=1S/C10H13N3O2/c1-8(9-3-2-6-15-9)13-7-10(14)12-5-4-11/h2-3,6,8,13H,5,7H2,1H3,(H,12,14)/t8-/m0/s1. The van der Waals surface area contributed by atoms with Gasteiger partial charge >= 0.3 is 0 Å². The van der Waals surface area contributed by atoms with E-state index in [4.69, 9.17) is 9.68 Å². The van der Waals surface area contributed by atoms with E-state index in [1.807, 2.05) is 19.1 Å². The van der Waals surface area contributed by atoms with Crippen LogP contribution in [-0.2, 0) is 4.79 Å². The first-order chi connectivity index (χ1) is 7.24. The van der Waals surface area contributed by atoms with E-state index in [2.05, 4.69) is 10.6 Å². The quantitative estimate of drug-likeness (QED) is 0.692. The summed E-state index contributed by atoms with van der Waals surface area (Å²) in [6.45, 7) is 2.11. The van der Waals surface area contributed by atoms with E-state index in [9.17, 15) is 4.79 Å². The molecule has 0 unspecified atom stereocenters. The van der Waals surface area contributed by atoms with Crippen LogP contribution in [0.1, 0.15) is 18.7 Å². The summed E-state index contributed by atoms with van der Waals surface area (Å²) in [5.74, 6) is 0.582. The summed E-state index contributed by atoms with van der Waals surface area (Å²) in [6, 6.07) is 5.45. The van der Waals surface area contributed by atoms with Gasteiger partial charge in [-0.2, -0.15) is 5.26 Å². The summed E-state index contributed by atoms with van der Waals surface area (Å²) >= 11 is 0. The molecule has 1 atom stereocenters. The molecule has 1 aromatic rings. The summed E-state index contributed by atoms with van der Waals surface area (Å²) in [5, 5.41) is 13.7. The Bertz CT molecular complexity index is 340. The van der Waals surface area contributed by atoms with Crippen molar-refractivity contribution in [1.82, 2.24) is 10.6 Å². The maximum Gasteiger partial charge on any atom is 0.234 e. The van der Waals surface area contributed by atoms with Crippen LogP contribution in [0, 0.1) is 11.3 Å². The fourth-order valence-electron chi connectivity index (χ4n) is 1.08. The van der Waals surface area contributed by atoms with Crippen LogP contribution in [-0.4, -0.2) is 19.0 Å². The third-order valence-electron chi connectivity index (χ3n) is 1.90. The number of nitrogens with zero attached hydrogens (tertiary/aromatic N) is 1. The van der Waals surface area contributed by atoms with Gasteiger partial charge in [-0.15, -0.1) is 0 Å². The highest BCUT2D eigenvalue weighted by molar-refractivity contribution is 5.78. The summed E-state index contributed by atoms with van der Waals surface area (Å²) in [5.41, 5.74) is 0. The Balaban J connectivity index is 2.26. The van der Waals surface area contributed by atoms with Gasteiger partial charge in [0, 0.05) is 0 Å². The van der Waals surface area contributed by atoms with Gasteiger partial charge in [-0.05, 0) is 19.1 Å². The number of furan rings is 1. The van der Waals surface area contributed by atoms with Gasteiger partial charge in [0.25, 0.3) is 0 Å². The molecule has 1 rings (SSSR count). The van der Waals surface area contributed by atoms with Gasteiger partial charge in [0.15, 0.2) is 0 Å². The molecule has 5 heteroatoms. The van der Waals surface area contributed by atoms with Crippen LogP contribution in [0.4, 0.5) is 0 Å². The van der Waals surface area contributed by atoms with Gasteiger partial charge in [0.05, 0.1) is 24.9 Å². The monoisotopic (exact) mass is 207 g/mol. The fourth-order valence-corrected chi connectivity index (χ4v) is 1.08. The van der Waals surface area contributed by atoms with E-state index >= 15 is 0 Å². The second kappa shape index (κ2) is 5.83. The lowest BCUT2D eigenvalue weighted by Gasteiger charge is -2.10. The summed E-state index contributed by atoms with van der Waals surface area (Å²) in [7, 11) is 0. The Hall–Kier alpha value is -1.80. The molecule has 2 N–H and O–H groups in total. The van der Waals surface area contributed by atoms with Crippen molar-refractivity contribution < 1.29 is 9.21 Å². The Labute approximate surface area is 88.1 Å². The molecule has 80 valence electrons. The first-order valence-electron chi connectivity index (χ1n) is 4.64. The van der Waals surface area contributed by atoms with Crippen LogP contribution in [0.5, 0.6) is 0 Å². The maximum atomic E-state index is 11.1. The number of rotatable bonds is 5. The summed E-state index contributed by atoms with van der Waals surface area (Å²) in [4.78, 5) is 11.1.